The highest BCUT2D eigenvalue weighted by Crippen LogP contribution is 2.06. The molecule has 0 fully saturated rings. The van der Waals surface area contributed by atoms with Gasteiger partial charge in [-0.1, -0.05) is 37.6 Å². The highest BCUT2D eigenvalue weighted by atomic mass is 16.5. The van der Waals surface area contributed by atoms with Gasteiger partial charge >= 0.3 is 0 Å². The van der Waals surface area contributed by atoms with Gasteiger partial charge in [0.1, 0.15) is 0 Å². The summed E-state index contributed by atoms with van der Waals surface area (Å²) in [5, 5.41) is 0. The fourth-order valence-corrected chi connectivity index (χ4v) is 1.74. The molecule has 0 atom stereocenters. The molecule has 0 aliphatic heterocycles. The van der Waals surface area contributed by atoms with Crippen molar-refractivity contribution in [2.75, 3.05) is 26.8 Å². The van der Waals surface area contributed by atoms with Gasteiger partial charge in [-0.3, -0.25) is 4.90 Å². The predicted molar refractivity (Wildman–Crippen MR) is 76.4 cm³/mol. The number of hydrogen-bond donors (Lipinski definition) is 1. The van der Waals surface area contributed by atoms with Gasteiger partial charge in [0.15, 0.2) is 0 Å². The summed E-state index contributed by atoms with van der Waals surface area (Å²) in [6.07, 6.45) is 2.35. The highest BCUT2D eigenvalue weighted by Gasteiger charge is 2.00. The van der Waals surface area contributed by atoms with Crippen molar-refractivity contribution in [2.24, 2.45) is 5.73 Å². The van der Waals surface area contributed by atoms with Crippen LogP contribution in [0.1, 0.15) is 30.9 Å². The number of nitrogens with two attached hydrogens (primary N) is 1. The minimum atomic E-state index is 0.612. The molecule has 0 spiro atoms. The molecule has 0 amide bonds. The summed E-state index contributed by atoms with van der Waals surface area (Å²) in [4.78, 5) is 2.28. The lowest BCUT2D eigenvalue weighted by atomic mass is 10.1. The zero-order chi connectivity index (χ0) is 13.2. The fraction of sp³-hybridized carbons (Fsp3) is 0.600. The van der Waals surface area contributed by atoms with Crippen LogP contribution in [0.3, 0.4) is 0 Å². The predicted octanol–water partition coefficient (Wildman–Crippen LogP) is 2.39. The van der Waals surface area contributed by atoms with Gasteiger partial charge in [0, 0.05) is 26.2 Å². The highest BCUT2D eigenvalue weighted by molar-refractivity contribution is 5.22. The van der Waals surface area contributed by atoms with Crippen LogP contribution in [0.5, 0.6) is 0 Å². The summed E-state index contributed by atoms with van der Waals surface area (Å²) in [6, 6.07) is 8.50. The van der Waals surface area contributed by atoms with Gasteiger partial charge in [0.05, 0.1) is 6.61 Å². The minimum absolute atomic E-state index is 0.612. The SMILES string of the molecule is CCCCOCCN(C)Cc1ccc(CN)cc1. The van der Waals surface area contributed by atoms with Crippen molar-refractivity contribution < 1.29 is 4.74 Å². The monoisotopic (exact) mass is 250 g/mol. The number of hydrogen-bond acceptors (Lipinski definition) is 3. The van der Waals surface area contributed by atoms with Crippen LogP contribution in [-0.4, -0.2) is 31.7 Å². The van der Waals surface area contributed by atoms with E-state index in [0.717, 1.165) is 32.7 Å². The van der Waals surface area contributed by atoms with E-state index in [1.54, 1.807) is 0 Å². The van der Waals surface area contributed by atoms with Gasteiger partial charge in [0.25, 0.3) is 0 Å². The summed E-state index contributed by atoms with van der Waals surface area (Å²) >= 11 is 0. The van der Waals surface area contributed by atoms with E-state index in [0.29, 0.717) is 6.54 Å². The van der Waals surface area contributed by atoms with Crippen molar-refractivity contribution in [1.82, 2.24) is 4.90 Å². The molecule has 0 aliphatic carbocycles. The third-order valence-electron chi connectivity index (χ3n) is 2.97. The first-order valence-electron chi connectivity index (χ1n) is 6.80. The van der Waals surface area contributed by atoms with Crippen molar-refractivity contribution in [3.05, 3.63) is 35.4 Å². The van der Waals surface area contributed by atoms with Crippen molar-refractivity contribution in [1.29, 1.82) is 0 Å². The largest absolute Gasteiger partial charge is 0.380 e. The van der Waals surface area contributed by atoms with Crippen LogP contribution in [0.15, 0.2) is 24.3 Å². The molecule has 0 aliphatic rings. The van der Waals surface area contributed by atoms with Crippen LogP contribution in [0.4, 0.5) is 0 Å². The summed E-state index contributed by atoms with van der Waals surface area (Å²) in [6.45, 7) is 6.43. The second-order valence-electron chi connectivity index (χ2n) is 4.72. The normalized spacial score (nSPS) is 11.1. The summed E-state index contributed by atoms with van der Waals surface area (Å²) in [7, 11) is 2.13. The molecule has 0 saturated heterocycles. The molecule has 2 N–H and O–H groups in total. The molecule has 0 bridgehead atoms. The lowest BCUT2D eigenvalue weighted by Crippen LogP contribution is -2.23. The Morgan fingerprint density at radius 2 is 1.78 bits per heavy atom. The molecule has 3 heteroatoms. The first kappa shape index (κ1) is 15.2. The second kappa shape index (κ2) is 9.09. The van der Waals surface area contributed by atoms with Crippen LogP contribution in [0.2, 0.25) is 0 Å². The first-order chi connectivity index (χ1) is 8.76. The summed E-state index contributed by atoms with van der Waals surface area (Å²) < 4.78 is 5.56. The van der Waals surface area contributed by atoms with E-state index in [2.05, 4.69) is 43.1 Å². The Bertz CT molecular complexity index is 311. The smallest absolute Gasteiger partial charge is 0.0593 e. The van der Waals surface area contributed by atoms with Crippen molar-refractivity contribution in [2.45, 2.75) is 32.9 Å². The number of rotatable bonds is 9. The lowest BCUT2D eigenvalue weighted by molar-refractivity contribution is 0.107. The molecule has 0 saturated carbocycles. The van der Waals surface area contributed by atoms with Crippen LogP contribution < -0.4 is 5.73 Å². The molecule has 1 rings (SSSR count). The maximum Gasteiger partial charge on any atom is 0.0593 e. The maximum absolute atomic E-state index is 5.58. The Balaban J connectivity index is 2.20. The molecule has 102 valence electrons. The van der Waals surface area contributed by atoms with Crippen LogP contribution in [-0.2, 0) is 17.8 Å². The van der Waals surface area contributed by atoms with Crippen molar-refractivity contribution in [3.8, 4) is 0 Å². The fourth-order valence-electron chi connectivity index (χ4n) is 1.74. The van der Waals surface area contributed by atoms with E-state index in [9.17, 15) is 0 Å². The van der Waals surface area contributed by atoms with Crippen LogP contribution in [0.25, 0.3) is 0 Å². The molecule has 3 nitrogen and oxygen atoms in total. The van der Waals surface area contributed by atoms with Gasteiger partial charge in [0.2, 0.25) is 0 Å². The molecular weight excluding hydrogens is 224 g/mol. The van der Waals surface area contributed by atoms with Gasteiger partial charge in [-0.25, -0.2) is 0 Å². The minimum Gasteiger partial charge on any atom is -0.380 e. The molecule has 1 aromatic rings. The number of ether oxygens (including phenoxy) is 1. The molecular formula is C15H26N2O. The van der Waals surface area contributed by atoms with E-state index < -0.39 is 0 Å². The Hall–Kier alpha value is -0.900. The summed E-state index contributed by atoms with van der Waals surface area (Å²) in [5.41, 5.74) is 8.09. The van der Waals surface area contributed by atoms with E-state index in [1.807, 2.05) is 0 Å². The average Bonchev–Trinajstić information content (AvgIpc) is 2.39. The molecule has 1 aromatic carbocycles. The number of likely N-dealkylation sites (N-methyl/N-ethyl adjacent to an activating group) is 1. The lowest BCUT2D eigenvalue weighted by Gasteiger charge is -2.16. The van der Waals surface area contributed by atoms with E-state index in [4.69, 9.17) is 10.5 Å². The van der Waals surface area contributed by atoms with Gasteiger partial charge in [-0.2, -0.15) is 0 Å². The van der Waals surface area contributed by atoms with E-state index >= 15 is 0 Å². The molecule has 0 unspecified atom stereocenters. The molecule has 0 radical (unpaired) electrons. The second-order valence-corrected chi connectivity index (χ2v) is 4.72. The Morgan fingerprint density at radius 1 is 1.11 bits per heavy atom. The Morgan fingerprint density at radius 3 is 2.39 bits per heavy atom. The first-order valence-corrected chi connectivity index (χ1v) is 6.80. The number of nitrogens with zero attached hydrogens (tertiary/aromatic N) is 1. The summed E-state index contributed by atoms with van der Waals surface area (Å²) in [5.74, 6) is 0. The Labute approximate surface area is 111 Å². The van der Waals surface area contributed by atoms with E-state index in [1.165, 1.54) is 17.5 Å². The third-order valence-corrected chi connectivity index (χ3v) is 2.97. The van der Waals surface area contributed by atoms with Crippen LogP contribution in [0, 0.1) is 0 Å². The zero-order valence-corrected chi connectivity index (χ0v) is 11.7. The average molecular weight is 250 g/mol. The standard InChI is InChI=1S/C15H26N2O/c1-3-4-10-18-11-9-17(2)13-15-7-5-14(12-16)6-8-15/h5-8H,3-4,9-13,16H2,1-2H3. The number of benzene rings is 1. The topological polar surface area (TPSA) is 38.5 Å². The van der Waals surface area contributed by atoms with E-state index in [-0.39, 0.29) is 0 Å². The van der Waals surface area contributed by atoms with Gasteiger partial charge in [-0.15, -0.1) is 0 Å². The maximum atomic E-state index is 5.58. The quantitative estimate of drug-likeness (QED) is 0.684. The Kier molecular flexibility index (Phi) is 7.65. The van der Waals surface area contributed by atoms with Crippen LogP contribution >= 0.6 is 0 Å². The molecule has 18 heavy (non-hydrogen) atoms. The third kappa shape index (κ3) is 6.15. The molecule has 0 heterocycles. The van der Waals surface area contributed by atoms with Gasteiger partial charge in [-0.05, 0) is 24.6 Å². The zero-order valence-electron chi connectivity index (χ0n) is 11.7. The van der Waals surface area contributed by atoms with Crippen molar-refractivity contribution >= 4 is 0 Å². The molecule has 0 aromatic heterocycles. The van der Waals surface area contributed by atoms with Gasteiger partial charge < -0.3 is 10.5 Å². The van der Waals surface area contributed by atoms with Crippen molar-refractivity contribution in [3.63, 3.8) is 0 Å². The number of unbranched alkanes of at least 4 members (excludes halogenated alkanes) is 1.